The van der Waals surface area contributed by atoms with Crippen molar-refractivity contribution in [3.8, 4) is 22.8 Å². The highest BCUT2D eigenvalue weighted by atomic mass is 32.1. The van der Waals surface area contributed by atoms with Crippen LogP contribution in [-0.4, -0.2) is 24.1 Å². The number of aryl methyl sites for hydroxylation is 2. The van der Waals surface area contributed by atoms with Crippen LogP contribution < -0.4 is 14.8 Å². The largest absolute Gasteiger partial charge is 0.486 e. The first-order valence-corrected chi connectivity index (χ1v) is 9.63. The van der Waals surface area contributed by atoms with E-state index in [9.17, 15) is 4.79 Å². The molecule has 2 heterocycles. The Hall–Kier alpha value is -2.86. The summed E-state index contributed by atoms with van der Waals surface area (Å²) in [5.74, 6) is 1.29. The van der Waals surface area contributed by atoms with Gasteiger partial charge in [-0.2, -0.15) is 0 Å². The van der Waals surface area contributed by atoms with Gasteiger partial charge in [-0.15, -0.1) is 11.3 Å². The smallest absolute Gasteiger partial charge is 0.229 e. The lowest BCUT2D eigenvalue weighted by atomic mass is 10.1. The minimum absolute atomic E-state index is 0.0799. The molecule has 1 aliphatic heterocycles. The number of nitrogens with zero attached hydrogens (tertiary/aromatic N) is 1. The Morgan fingerprint density at radius 1 is 1.07 bits per heavy atom. The number of hydrogen-bond acceptors (Lipinski definition) is 5. The van der Waals surface area contributed by atoms with Crippen molar-refractivity contribution in [2.24, 2.45) is 0 Å². The van der Waals surface area contributed by atoms with Gasteiger partial charge in [-0.3, -0.25) is 4.79 Å². The van der Waals surface area contributed by atoms with Crippen molar-refractivity contribution in [1.29, 1.82) is 0 Å². The van der Waals surface area contributed by atoms with Gasteiger partial charge in [-0.1, -0.05) is 29.8 Å². The van der Waals surface area contributed by atoms with E-state index >= 15 is 0 Å². The van der Waals surface area contributed by atoms with E-state index in [-0.39, 0.29) is 12.3 Å². The van der Waals surface area contributed by atoms with Gasteiger partial charge in [0.15, 0.2) is 11.5 Å². The molecule has 5 nitrogen and oxygen atoms in total. The van der Waals surface area contributed by atoms with Crippen LogP contribution >= 0.6 is 11.3 Å². The van der Waals surface area contributed by atoms with Gasteiger partial charge in [0, 0.05) is 22.2 Å². The molecule has 1 aliphatic rings. The molecule has 0 radical (unpaired) electrons. The third-order valence-corrected chi connectivity index (χ3v) is 5.25. The van der Waals surface area contributed by atoms with Gasteiger partial charge in [0.25, 0.3) is 0 Å². The van der Waals surface area contributed by atoms with Crippen LogP contribution in [0.5, 0.6) is 11.5 Å². The van der Waals surface area contributed by atoms with Crippen molar-refractivity contribution in [1.82, 2.24) is 4.98 Å². The maximum Gasteiger partial charge on any atom is 0.229 e. The molecule has 1 N–H and O–H groups in total. The number of benzene rings is 2. The van der Waals surface area contributed by atoms with Crippen molar-refractivity contribution in [2.75, 3.05) is 18.5 Å². The second-order valence-corrected chi connectivity index (χ2v) is 7.74. The summed E-state index contributed by atoms with van der Waals surface area (Å²) in [6.45, 7) is 5.08. The zero-order valence-electron chi connectivity index (χ0n) is 15.2. The maximum absolute atomic E-state index is 12.6. The molecule has 2 aromatic carbocycles. The monoisotopic (exact) mass is 380 g/mol. The number of anilines is 1. The quantitative estimate of drug-likeness (QED) is 0.730. The summed E-state index contributed by atoms with van der Waals surface area (Å²) >= 11 is 1.56. The van der Waals surface area contributed by atoms with Crippen LogP contribution in [0.3, 0.4) is 0 Å². The lowest BCUT2D eigenvalue weighted by Crippen LogP contribution is -2.17. The summed E-state index contributed by atoms with van der Waals surface area (Å²) < 4.78 is 11.1. The highest BCUT2D eigenvalue weighted by molar-refractivity contribution is 7.12. The fourth-order valence-electron chi connectivity index (χ4n) is 3.00. The molecule has 27 heavy (non-hydrogen) atoms. The normalized spacial score (nSPS) is 12.7. The van der Waals surface area contributed by atoms with E-state index in [1.54, 1.807) is 17.4 Å². The Balaban J connectivity index is 1.51. The van der Waals surface area contributed by atoms with Gasteiger partial charge >= 0.3 is 0 Å². The Morgan fingerprint density at radius 2 is 1.81 bits per heavy atom. The molecule has 0 saturated heterocycles. The summed E-state index contributed by atoms with van der Waals surface area (Å²) in [6.07, 6.45) is 0.281. The molecule has 6 heteroatoms. The number of aromatic nitrogens is 1. The minimum atomic E-state index is -0.0799. The molecule has 4 rings (SSSR count). The SMILES string of the molecule is Cc1ccc(-c2nc(C)sc2CC(=O)Nc2ccc3c(c2)OCCO3)cc1. The summed E-state index contributed by atoms with van der Waals surface area (Å²) in [4.78, 5) is 18.2. The van der Waals surface area contributed by atoms with Gasteiger partial charge in [0.05, 0.1) is 17.1 Å². The maximum atomic E-state index is 12.6. The number of carbonyl (C=O) groups excluding carboxylic acids is 1. The third-order valence-electron chi connectivity index (χ3n) is 4.28. The number of ether oxygens (including phenoxy) is 2. The molecule has 138 valence electrons. The molecule has 0 fully saturated rings. The first-order chi connectivity index (χ1) is 13.1. The predicted molar refractivity (Wildman–Crippen MR) is 107 cm³/mol. The van der Waals surface area contributed by atoms with Crippen LogP contribution in [0.1, 0.15) is 15.4 Å². The van der Waals surface area contributed by atoms with E-state index in [2.05, 4.69) is 29.4 Å². The first-order valence-electron chi connectivity index (χ1n) is 8.81. The third kappa shape index (κ3) is 3.95. The average Bonchev–Trinajstić information content (AvgIpc) is 3.02. The second kappa shape index (κ2) is 7.40. The molecule has 0 saturated carbocycles. The highest BCUT2D eigenvalue weighted by Gasteiger charge is 2.16. The lowest BCUT2D eigenvalue weighted by molar-refractivity contribution is -0.115. The van der Waals surface area contributed by atoms with E-state index in [4.69, 9.17) is 9.47 Å². The fraction of sp³-hybridized carbons (Fsp3) is 0.238. The molecule has 0 spiro atoms. The van der Waals surface area contributed by atoms with Gasteiger partial charge in [-0.25, -0.2) is 4.98 Å². The molecule has 0 unspecified atom stereocenters. The number of nitrogens with one attached hydrogen (secondary N) is 1. The lowest BCUT2D eigenvalue weighted by Gasteiger charge is -2.19. The van der Waals surface area contributed by atoms with Crippen molar-refractivity contribution in [3.05, 3.63) is 57.9 Å². The van der Waals surface area contributed by atoms with Crippen LogP contribution in [0.2, 0.25) is 0 Å². The fourth-order valence-corrected chi connectivity index (χ4v) is 3.96. The second-order valence-electron chi connectivity index (χ2n) is 6.45. The first kappa shape index (κ1) is 17.5. The number of thiazole rings is 1. The standard InChI is InChI=1S/C21H20N2O3S/c1-13-3-5-15(6-4-13)21-19(27-14(2)22-21)12-20(24)23-16-7-8-17-18(11-16)26-10-9-25-17/h3-8,11H,9-10,12H2,1-2H3,(H,23,24). The average molecular weight is 380 g/mol. The van der Waals surface area contributed by atoms with Crippen LogP contribution in [0.15, 0.2) is 42.5 Å². The van der Waals surface area contributed by atoms with E-state index in [1.807, 2.05) is 31.2 Å². The van der Waals surface area contributed by atoms with E-state index < -0.39 is 0 Å². The number of carbonyl (C=O) groups is 1. The van der Waals surface area contributed by atoms with E-state index in [0.29, 0.717) is 30.4 Å². The number of amides is 1. The van der Waals surface area contributed by atoms with Crippen molar-refractivity contribution >= 4 is 22.9 Å². The highest BCUT2D eigenvalue weighted by Crippen LogP contribution is 2.33. The van der Waals surface area contributed by atoms with Crippen LogP contribution in [0.25, 0.3) is 11.3 Å². The topological polar surface area (TPSA) is 60.5 Å². The number of fused-ring (bicyclic) bond motifs is 1. The Morgan fingerprint density at radius 3 is 2.59 bits per heavy atom. The van der Waals surface area contributed by atoms with Crippen molar-refractivity contribution < 1.29 is 14.3 Å². The van der Waals surface area contributed by atoms with Crippen molar-refractivity contribution in [3.63, 3.8) is 0 Å². The molecule has 1 amide bonds. The molecule has 1 aromatic heterocycles. The van der Waals surface area contributed by atoms with Crippen LogP contribution in [0.4, 0.5) is 5.69 Å². The summed E-state index contributed by atoms with van der Waals surface area (Å²) in [5, 5.41) is 3.89. The van der Waals surface area contributed by atoms with Gasteiger partial charge < -0.3 is 14.8 Å². The Kier molecular flexibility index (Phi) is 4.81. The zero-order valence-corrected chi connectivity index (χ0v) is 16.1. The predicted octanol–water partition coefficient (Wildman–Crippen LogP) is 4.38. The number of hydrogen-bond donors (Lipinski definition) is 1. The molecule has 3 aromatic rings. The Labute approximate surface area is 162 Å². The van der Waals surface area contributed by atoms with Crippen molar-refractivity contribution in [2.45, 2.75) is 20.3 Å². The summed E-state index contributed by atoms with van der Waals surface area (Å²) in [7, 11) is 0. The zero-order chi connectivity index (χ0) is 18.8. The Bertz CT molecular complexity index is 980. The van der Waals surface area contributed by atoms with Crippen LogP contribution in [0, 0.1) is 13.8 Å². The molecule has 0 aliphatic carbocycles. The summed E-state index contributed by atoms with van der Waals surface area (Å²) in [6, 6.07) is 13.7. The summed E-state index contributed by atoms with van der Waals surface area (Å²) in [5.41, 5.74) is 3.81. The minimum Gasteiger partial charge on any atom is -0.486 e. The molecular formula is C21H20N2O3S. The van der Waals surface area contributed by atoms with Crippen LogP contribution in [-0.2, 0) is 11.2 Å². The molecule has 0 atom stereocenters. The van der Waals surface area contributed by atoms with Gasteiger partial charge in [0.2, 0.25) is 5.91 Å². The number of rotatable bonds is 4. The molecule has 0 bridgehead atoms. The van der Waals surface area contributed by atoms with E-state index in [0.717, 1.165) is 21.1 Å². The van der Waals surface area contributed by atoms with Gasteiger partial charge in [-0.05, 0) is 26.0 Å². The van der Waals surface area contributed by atoms with E-state index in [1.165, 1.54) is 5.56 Å². The van der Waals surface area contributed by atoms with Gasteiger partial charge in [0.1, 0.15) is 13.2 Å². The molecular weight excluding hydrogens is 360 g/mol.